The highest BCUT2D eigenvalue weighted by Crippen LogP contribution is 2.33. The van der Waals surface area contributed by atoms with Gasteiger partial charge in [0.05, 0.1) is 0 Å². The van der Waals surface area contributed by atoms with Crippen molar-refractivity contribution in [1.82, 2.24) is 0 Å². The van der Waals surface area contributed by atoms with Gasteiger partial charge in [-0.15, -0.1) is 0 Å². The van der Waals surface area contributed by atoms with E-state index in [-0.39, 0.29) is 5.41 Å². The molecule has 0 heterocycles. The summed E-state index contributed by atoms with van der Waals surface area (Å²) in [6, 6.07) is 8.91. The third kappa shape index (κ3) is 2.50. The summed E-state index contributed by atoms with van der Waals surface area (Å²) in [4.78, 5) is 0. The Morgan fingerprint density at radius 1 is 1.35 bits per heavy atom. The Bertz CT molecular complexity index is 456. The van der Waals surface area contributed by atoms with Gasteiger partial charge in [0.2, 0.25) is 0 Å². The highest BCUT2D eigenvalue weighted by Gasteiger charge is 2.24. The largest absolute Gasteiger partial charge is 0.327 e. The Morgan fingerprint density at radius 2 is 2.18 bits per heavy atom. The van der Waals surface area contributed by atoms with E-state index in [0.29, 0.717) is 6.54 Å². The summed E-state index contributed by atoms with van der Waals surface area (Å²) < 4.78 is 0. The number of aryl methyl sites for hydroxylation is 1. The lowest BCUT2D eigenvalue weighted by atomic mass is 9.75. The maximum Gasteiger partial charge on any atom is 0.0174 e. The van der Waals surface area contributed by atoms with Crippen molar-refractivity contribution in [3.8, 4) is 0 Å². The van der Waals surface area contributed by atoms with Crippen LogP contribution in [0.1, 0.15) is 31.4 Å². The van der Waals surface area contributed by atoms with Gasteiger partial charge >= 0.3 is 0 Å². The molecule has 1 aromatic carbocycles. The third-order valence-electron chi connectivity index (χ3n) is 3.68. The van der Waals surface area contributed by atoms with Crippen LogP contribution in [0.2, 0.25) is 0 Å². The summed E-state index contributed by atoms with van der Waals surface area (Å²) >= 11 is 0. The van der Waals surface area contributed by atoms with Crippen molar-refractivity contribution in [2.75, 3.05) is 6.54 Å². The van der Waals surface area contributed by atoms with Crippen LogP contribution >= 0.6 is 0 Å². The molecule has 90 valence electrons. The molecule has 1 aromatic rings. The van der Waals surface area contributed by atoms with E-state index < -0.39 is 0 Å². The summed E-state index contributed by atoms with van der Waals surface area (Å²) in [6.07, 6.45) is 8.87. The molecule has 0 radical (unpaired) electrons. The zero-order valence-electron chi connectivity index (χ0n) is 10.7. The monoisotopic (exact) mass is 227 g/mol. The SMILES string of the molecule is CCc1cccc(C2(C)C=CC(CN)=CC2)c1. The van der Waals surface area contributed by atoms with Crippen LogP contribution in [-0.4, -0.2) is 6.54 Å². The molecule has 0 bridgehead atoms. The Labute approximate surface area is 104 Å². The number of benzene rings is 1. The molecule has 17 heavy (non-hydrogen) atoms. The van der Waals surface area contributed by atoms with Crippen molar-refractivity contribution in [3.05, 3.63) is 59.2 Å². The third-order valence-corrected chi connectivity index (χ3v) is 3.68. The van der Waals surface area contributed by atoms with Crippen molar-refractivity contribution in [3.63, 3.8) is 0 Å². The van der Waals surface area contributed by atoms with Gasteiger partial charge in [0.25, 0.3) is 0 Å². The van der Waals surface area contributed by atoms with Gasteiger partial charge in [0.1, 0.15) is 0 Å². The average Bonchev–Trinajstić information content (AvgIpc) is 2.40. The second-order valence-corrected chi connectivity index (χ2v) is 4.99. The van der Waals surface area contributed by atoms with Crippen molar-refractivity contribution in [2.45, 2.75) is 32.1 Å². The van der Waals surface area contributed by atoms with Crippen LogP contribution in [0.4, 0.5) is 0 Å². The van der Waals surface area contributed by atoms with Crippen LogP contribution < -0.4 is 5.73 Å². The van der Waals surface area contributed by atoms with Gasteiger partial charge in [-0.1, -0.05) is 56.3 Å². The summed E-state index contributed by atoms with van der Waals surface area (Å²) in [5.74, 6) is 0. The fourth-order valence-corrected chi connectivity index (χ4v) is 2.28. The van der Waals surface area contributed by atoms with Crippen molar-refractivity contribution in [2.24, 2.45) is 5.73 Å². The lowest BCUT2D eigenvalue weighted by Crippen LogP contribution is -2.21. The van der Waals surface area contributed by atoms with Gasteiger partial charge in [-0.05, 0) is 29.5 Å². The topological polar surface area (TPSA) is 26.0 Å². The van der Waals surface area contributed by atoms with Crippen LogP contribution in [0.5, 0.6) is 0 Å². The molecule has 0 fully saturated rings. The number of hydrogen-bond acceptors (Lipinski definition) is 1. The van der Waals surface area contributed by atoms with Crippen LogP contribution in [0.25, 0.3) is 0 Å². The first kappa shape index (κ1) is 12.1. The summed E-state index contributed by atoms with van der Waals surface area (Å²) in [7, 11) is 0. The summed E-state index contributed by atoms with van der Waals surface area (Å²) in [5.41, 5.74) is 9.84. The maximum atomic E-state index is 5.66. The maximum absolute atomic E-state index is 5.66. The fourth-order valence-electron chi connectivity index (χ4n) is 2.28. The first-order chi connectivity index (χ1) is 8.18. The molecule has 0 aliphatic heterocycles. The molecule has 1 unspecified atom stereocenters. The van der Waals surface area contributed by atoms with E-state index in [0.717, 1.165) is 12.8 Å². The standard InChI is InChI=1S/C16H21N/c1-3-13-5-4-6-15(11-13)16(2)9-7-14(12-17)8-10-16/h4-9,11H,3,10,12,17H2,1-2H3. The van der Waals surface area contributed by atoms with Gasteiger partial charge in [-0.25, -0.2) is 0 Å². The number of hydrogen-bond donors (Lipinski definition) is 1. The summed E-state index contributed by atoms with van der Waals surface area (Å²) in [5, 5.41) is 0. The predicted molar refractivity (Wildman–Crippen MR) is 74.1 cm³/mol. The molecule has 1 heteroatoms. The number of rotatable bonds is 3. The zero-order chi connectivity index (χ0) is 12.3. The molecule has 1 nitrogen and oxygen atoms in total. The lowest BCUT2D eigenvalue weighted by Gasteiger charge is -2.29. The number of allylic oxidation sites excluding steroid dienone is 2. The van der Waals surface area contributed by atoms with Gasteiger partial charge in [-0.2, -0.15) is 0 Å². The number of nitrogens with two attached hydrogens (primary N) is 1. The van der Waals surface area contributed by atoms with E-state index in [1.165, 1.54) is 16.7 Å². The Hall–Kier alpha value is -1.34. The van der Waals surface area contributed by atoms with Gasteiger partial charge < -0.3 is 5.73 Å². The van der Waals surface area contributed by atoms with Crippen LogP contribution in [-0.2, 0) is 11.8 Å². The molecule has 1 atom stereocenters. The molecular weight excluding hydrogens is 206 g/mol. The highest BCUT2D eigenvalue weighted by molar-refractivity contribution is 5.39. The van der Waals surface area contributed by atoms with E-state index in [9.17, 15) is 0 Å². The van der Waals surface area contributed by atoms with Crippen LogP contribution in [0, 0.1) is 0 Å². The molecule has 0 saturated carbocycles. The van der Waals surface area contributed by atoms with Gasteiger partial charge in [0.15, 0.2) is 0 Å². The minimum Gasteiger partial charge on any atom is -0.327 e. The van der Waals surface area contributed by atoms with E-state index in [1.807, 2.05) is 0 Å². The fraction of sp³-hybridized carbons (Fsp3) is 0.375. The van der Waals surface area contributed by atoms with E-state index in [1.54, 1.807) is 0 Å². The Kier molecular flexibility index (Phi) is 3.49. The smallest absolute Gasteiger partial charge is 0.0174 e. The van der Waals surface area contributed by atoms with Crippen LogP contribution in [0.3, 0.4) is 0 Å². The molecular formula is C16H21N. The van der Waals surface area contributed by atoms with Gasteiger partial charge in [0, 0.05) is 12.0 Å². The minimum absolute atomic E-state index is 0.129. The molecule has 1 aliphatic carbocycles. The molecule has 0 amide bonds. The Balaban J connectivity index is 2.28. The lowest BCUT2D eigenvalue weighted by molar-refractivity contribution is 0.594. The first-order valence-corrected chi connectivity index (χ1v) is 6.35. The van der Waals surface area contributed by atoms with E-state index in [4.69, 9.17) is 5.73 Å². The van der Waals surface area contributed by atoms with Crippen LogP contribution in [0.15, 0.2) is 48.1 Å². The molecule has 0 spiro atoms. The van der Waals surface area contributed by atoms with Crippen molar-refractivity contribution < 1.29 is 0 Å². The molecule has 0 aromatic heterocycles. The zero-order valence-corrected chi connectivity index (χ0v) is 10.7. The normalized spacial score (nSPS) is 23.6. The quantitative estimate of drug-likeness (QED) is 0.842. The molecule has 2 rings (SSSR count). The second kappa shape index (κ2) is 4.89. The van der Waals surface area contributed by atoms with E-state index >= 15 is 0 Å². The van der Waals surface area contributed by atoms with E-state index in [2.05, 4.69) is 56.3 Å². The molecule has 1 aliphatic rings. The summed E-state index contributed by atoms with van der Waals surface area (Å²) in [6.45, 7) is 5.13. The van der Waals surface area contributed by atoms with Gasteiger partial charge in [-0.3, -0.25) is 0 Å². The van der Waals surface area contributed by atoms with Crippen molar-refractivity contribution in [1.29, 1.82) is 0 Å². The molecule has 2 N–H and O–H groups in total. The second-order valence-electron chi connectivity index (χ2n) is 4.99. The first-order valence-electron chi connectivity index (χ1n) is 6.35. The molecule has 0 saturated heterocycles. The highest BCUT2D eigenvalue weighted by atomic mass is 14.5. The predicted octanol–water partition coefficient (Wildman–Crippen LogP) is 3.35. The Morgan fingerprint density at radius 3 is 2.76 bits per heavy atom. The minimum atomic E-state index is 0.129. The average molecular weight is 227 g/mol. The van der Waals surface area contributed by atoms with Crippen molar-refractivity contribution >= 4 is 0 Å².